The summed E-state index contributed by atoms with van der Waals surface area (Å²) in [5.74, 6) is -1.00. The molecule has 0 aliphatic rings. The van der Waals surface area contributed by atoms with Crippen LogP contribution in [0.15, 0.2) is 108 Å². The molecule has 8 heteroatoms. The van der Waals surface area contributed by atoms with Gasteiger partial charge >= 0.3 is 0 Å². The van der Waals surface area contributed by atoms with Crippen LogP contribution in [0.1, 0.15) is 21.7 Å². The van der Waals surface area contributed by atoms with Gasteiger partial charge in [0, 0.05) is 17.4 Å². The number of carbonyl (C=O) groups is 2. The highest BCUT2D eigenvalue weighted by atomic mass is 19.1. The van der Waals surface area contributed by atoms with E-state index in [1.165, 1.54) is 29.4 Å². The van der Waals surface area contributed by atoms with Gasteiger partial charge in [-0.3, -0.25) is 19.5 Å². The van der Waals surface area contributed by atoms with Crippen molar-refractivity contribution in [1.82, 2.24) is 14.5 Å². The molecule has 0 atom stereocenters. The van der Waals surface area contributed by atoms with Crippen molar-refractivity contribution in [1.29, 1.82) is 0 Å². The number of rotatable bonds is 8. The summed E-state index contributed by atoms with van der Waals surface area (Å²) >= 11 is 0. The molecule has 0 bridgehead atoms. The smallest absolute Gasteiger partial charge is 0.257 e. The van der Waals surface area contributed by atoms with Crippen molar-refractivity contribution in [3.8, 4) is 16.9 Å². The molecule has 5 rings (SSSR count). The lowest BCUT2D eigenvalue weighted by atomic mass is 10.2. The lowest BCUT2D eigenvalue weighted by molar-refractivity contribution is -0.117. The molecule has 0 aliphatic carbocycles. The van der Waals surface area contributed by atoms with Crippen LogP contribution >= 0.6 is 0 Å². The average molecular weight is 509 g/mol. The van der Waals surface area contributed by atoms with E-state index in [2.05, 4.69) is 10.3 Å². The average Bonchev–Trinajstić information content (AvgIpc) is 3.59. The minimum atomic E-state index is -0.662. The second-order valence-corrected chi connectivity index (χ2v) is 8.79. The Morgan fingerprint density at radius 3 is 2.50 bits per heavy atom. The summed E-state index contributed by atoms with van der Waals surface area (Å²) < 4.78 is 21.6. The number of benzene rings is 3. The number of nitrogens with one attached hydrogen (secondary N) is 1. The number of anilines is 1. The van der Waals surface area contributed by atoms with Gasteiger partial charge in [-0.05, 0) is 48.9 Å². The lowest BCUT2D eigenvalue weighted by Crippen LogP contribution is -2.38. The van der Waals surface area contributed by atoms with Crippen LogP contribution in [-0.4, -0.2) is 32.8 Å². The monoisotopic (exact) mass is 508 g/mol. The summed E-state index contributed by atoms with van der Waals surface area (Å²) in [5.41, 5.74) is 3.32. The lowest BCUT2D eigenvalue weighted by Gasteiger charge is -2.21. The third-order valence-corrected chi connectivity index (χ3v) is 5.96. The summed E-state index contributed by atoms with van der Waals surface area (Å²) in [4.78, 5) is 32.4. The number of amides is 2. The molecule has 2 heterocycles. The minimum absolute atomic E-state index is 0.00479. The fourth-order valence-electron chi connectivity index (χ4n) is 4.12. The molecule has 0 unspecified atom stereocenters. The van der Waals surface area contributed by atoms with Gasteiger partial charge < -0.3 is 9.32 Å². The van der Waals surface area contributed by atoms with Crippen molar-refractivity contribution in [2.24, 2.45) is 0 Å². The highest BCUT2D eigenvalue weighted by molar-refractivity contribution is 5.99. The van der Waals surface area contributed by atoms with Crippen LogP contribution in [0.3, 0.4) is 0 Å². The van der Waals surface area contributed by atoms with Crippen LogP contribution in [0.25, 0.3) is 16.9 Å². The first-order valence-corrected chi connectivity index (χ1v) is 12.1. The number of imidazole rings is 1. The Morgan fingerprint density at radius 2 is 1.76 bits per heavy atom. The molecule has 1 N–H and O–H groups in total. The largest absolute Gasteiger partial charge is 0.467 e. The van der Waals surface area contributed by atoms with Crippen molar-refractivity contribution in [3.05, 3.63) is 126 Å². The predicted octanol–water partition coefficient (Wildman–Crippen LogP) is 5.86. The Hall–Kier alpha value is -4.98. The van der Waals surface area contributed by atoms with E-state index in [0.29, 0.717) is 17.4 Å². The van der Waals surface area contributed by atoms with Crippen LogP contribution in [-0.2, 0) is 11.3 Å². The van der Waals surface area contributed by atoms with Gasteiger partial charge in [0.05, 0.1) is 24.1 Å². The van der Waals surface area contributed by atoms with Gasteiger partial charge in [0.25, 0.3) is 5.91 Å². The zero-order valence-corrected chi connectivity index (χ0v) is 20.7. The SMILES string of the molecule is Cc1cccc(-n2cc(-c3ccccc3)nc2NC(=O)CN(Cc2ccco2)C(=O)c2ccccc2F)c1. The van der Waals surface area contributed by atoms with Crippen molar-refractivity contribution in [2.45, 2.75) is 13.5 Å². The summed E-state index contributed by atoms with van der Waals surface area (Å²) in [5, 5.41) is 2.84. The molecule has 0 saturated heterocycles. The summed E-state index contributed by atoms with van der Waals surface area (Å²) in [6.07, 6.45) is 3.33. The molecule has 3 aromatic carbocycles. The second-order valence-electron chi connectivity index (χ2n) is 8.79. The summed E-state index contributed by atoms with van der Waals surface area (Å²) in [6, 6.07) is 26.5. The van der Waals surface area contributed by atoms with Crippen LogP contribution in [0.5, 0.6) is 0 Å². The standard InChI is InChI=1S/C30H25FN4O3/c1-21-9-7-12-23(17-21)35-19-27(22-10-3-2-4-11-22)32-30(35)33-28(36)20-34(18-24-13-8-16-38-24)29(37)25-14-5-6-15-26(25)31/h2-17,19H,18,20H2,1H3,(H,32,33,36). The molecule has 2 amide bonds. The Morgan fingerprint density at radius 1 is 0.974 bits per heavy atom. The Labute approximate surface area is 219 Å². The maximum atomic E-state index is 14.4. The summed E-state index contributed by atoms with van der Waals surface area (Å²) in [7, 11) is 0. The number of aryl methyl sites for hydroxylation is 1. The molecule has 5 aromatic rings. The number of hydrogen-bond donors (Lipinski definition) is 1. The Balaban J connectivity index is 1.44. The highest BCUT2D eigenvalue weighted by Gasteiger charge is 2.24. The van der Waals surface area contributed by atoms with Crippen LogP contribution in [0.2, 0.25) is 0 Å². The maximum Gasteiger partial charge on any atom is 0.257 e. The number of carbonyl (C=O) groups excluding carboxylic acids is 2. The van der Waals surface area contributed by atoms with Gasteiger partial charge in [0.1, 0.15) is 18.1 Å². The fourth-order valence-corrected chi connectivity index (χ4v) is 4.12. The first-order chi connectivity index (χ1) is 18.5. The molecule has 0 radical (unpaired) electrons. The zero-order chi connectivity index (χ0) is 26.5. The van der Waals surface area contributed by atoms with Gasteiger partial charge in [-0.15, -0.1) is 0 Å². The van der Waals surface area contributed by atoms with Gasteiger partial charge in [-0.2, -0.15) is 0 Å². The van der Waals surface area contributed by atoms with E-state index >= 15 is 0 Å². The first-order valence-electron chi connectivity index (χ1n) is 12.1. The predicted molar refractivity (Wildman–Crippen MR) is 142 cm³/mol. The molecule has 0 fully saturated rings. The van der Waals surface area contributed by atoms with Crippen molar-refractivity contribution < 1.29 is 18.4 Å². The topological polar surface area (TPSA) is 80.4 Å². The molecule has 0 aliphatic heterocycles. The molecule has 0 spiro atoms. The van der Waals surface area contributed by atoms with Gasteiger partial charge in [0.15, 0.2) is 0 Å². The van der Waals surface area contributed by atoms with E-state index in [-0.39, 0.29) is 18.7 Å². The normalized spacial score (nSPS) is 10.8. The number of furan rings is 1. The molecular weight excluding hydrogens is 483 g/mol. The van der Waals surface area contributed by atoms with Gasteiger partial charge in [-0.25, -0.2) is 9.37 Å². The van der Waals surface area contributed by atoms with Crippen LogP contribution in [0.4, 0.5) is 10.3 Å². The van der Waals surface area contributed by atoms with Crippen LogP contribution in [0, 0.1) is 12.7 Å². The molecule has 7 nitrogen and oxygen atoms in total. The third kappa shape index (κ3) is 5.54. The minimum Gasteiger partial charge on any atom is -0.467 e. The number of nitrogens with zero attached hydrogens (tertiary/aromatic N) is 3. The molecule has 190 valence electrons. The third-order valence-electron chi connectivity index (χ3n) is 5.96. The molecule has 2 aromatic heterocycles. The van der Waals surface area contributed by atoms with Gasteiger partial charge in [-0.1, -0.05) is 54.6 Å². The highest BCUT2D eigenvalue weighted by Crippen LogP contribution is 2.25. The number of aromatic nitrogens is 2. The molecular formula is C30H25FN4O3. The Kier molecular flexibility index (Phi) is 7.13. The summed E-state index contributed by atoms with van der Waals surface area (Å²) in [6.45, 7) is 1.64. The van der Waals surface area contributed by atoms with E-state index in [4.69, 9.17) is 4.42 Å². The fraction of sp³-hybridized carbons (Fsp3) is 0.100. The molecule has 0 saturated carbocycles. The van der Waals surface area contributed by atoms with E-state index in [1.54, 1.807) is 22.8 Å². The maximum absolute atomic E-state index is 14.4. The van der Waals surface area contributed by atoms with E-state index in [1.807, 2.05) is 67.7 Å². The quantitative estimate of drug-likeness (QED) is 0.285. The molecule has 38 heavy (non-hydrogen) atoms. The van der Waals surface area contributed by atoms with Crippen molar-refractivity contribution in [2.75, 3.05) is 11.9 Å². The number of hydrogen-bond acceptors (Lipinski definition) is 4. The van der Waals surface area contributed by atoms with Crippen molar-refractivity contribution in [3.63, 3.8) is 0 Å². The Bertz CT molecular complexity index is 1560. The van der Waals surface area contributed by atoms with Gasteiger partial charge in [0.2, 0.25) is 11.9 Å². The van der Waals surface area contributed by atoms with E-state index in [9.17, 15) is 14.0 Å². The van der Waals surface area contributed by atoms with E-state index in [0.717, 1.165) is 16.8 Å². The van der Waals surface area contributed by atoms with Crippen LogP contribution < -0.4 is 5.32 Å². The van der Waals surface area contributed by atoms with E-state index < -0.39 is 17.6 Å². The van der Waals surface area contributed by atoms with Crippen molar-refractivity contribution >= 4 is 17.8 Å². The zero-order valence-electron chi connectivity index (χ0n) is 20.7. The first kappa shape index (κ1) is 24.7. The second kappa shape index (κ2) is 11.0. The number of halogens is 1.